The lowest BCUT2D eigenvalue weighted by Gasteiger charge is -2.12. The lowest BCUT2D eigenvalue weighted by molar-refractivity contribution is 0.102. The number of nitrogens with one attached hydrogen (secondary N) is 1. The minimum atomic E-state index is -0.685. The van der Waals surface area contributed by atoms with Crippen LogP contribution in [0.15, 0.2) is 22.7 Å². The summed E-state index contributed by atoms with van der Waals surface area (Å²) in [6, 6.07) is 4.10. The molecule has 1 aliphatic rings. The Morgan fingerprint density at radius 3 is 3.00 bits per heavy atom. The zero-order valence-corrected chi connectivity index (χ0v) is 15.2. The molecule has 0 unspecified atom stereocenters. The highest BCUT2D eigenvalue weighted by Crippen LogP contribution is 2.42. The Kier molecular flexibility index (Phi) is 4.47. The number of aromatic nitrogens is 2. The normalized spacial score (nSPS) is 13.5. The van der Waals surface area contributed by atoms with Gasteiger partial charge < -0.3 is 14.6 Å². The number of hydrogen-bond acceptors (Lipinski definition) is 6. The van der Waals surface area contributed by atoms with E-state index in [0.717, 1.165) is 10.4 Å². The number of rotatable bonds is 3. The first-order chi connectivity index (χ1) is 12.5. The number of thiophene rings is 1. The quantitative estimate of drug-likeness (QED) is 0.720. The summed E-state index contributed by atoms with van der Waals surface area (Å²) in [6.07, 6.45) is 0.666. The maximum absolute atomic E-state index is 14.1. The molecule has 1 amide bonds. The molecule has 0 saturated carbocycles. The van der Waals surface area contributed by atoms with Gasteiger partial charge in [-0.3, -0.25) is 4.79 Å². The smallest absolute Gasteiger partial charge is 0.261 e. The number of benzene rings is 1. The summed E-state index contributed by atoms with van der Waals surface area (Å²) in [5, 5.41) is 7.12. The second-order valence-electron chi connectivity index (χ2n) is 5.71. The van der Waals surface area contributed by atoms with Crippen LogP contribution < -0.4 is 5.32 Å². The van der Waals surface area contributed by atoms with Gasteiger partial charge in [-0.25, -0.2) is 4.39 Å². The van der Waals surface area contributed by atoms with E-state index in [9.17, 15) is 9.18 Å². The van der Waals surface area contributed by atoms with Crippen LogP contribution in [0.4, 0.5) is 9.39 Å². The Morgan fingerprint density at radius 1 is 1.42 bits per heavy atom. The fourth-order valence-corrected chi connectivity index (χ4v) is 4.25. The third-order valence-electron chi connectivity index (χ3n) is 3.98. The van der Waals surface area contributed by atoms with Crippen LogP contribution in [0.3, 0.4) is 0 Å². The van der Waals surface area contributed by atoms with Crippen molar-refractivity contribution in [2.24, 2.45) is 0 Å². The molecule has 0 fully saturated rings. The molecule has 2 aromatic heterocycles. The van der Waals surface area contributed by atoms with E-state index in [2.05, 4.69) is 15.5 Å². The van der Waals surface area contributed by atoms with Crippen LogP contribution in [0.1, 0.15) is 26.6 Å². The van der Waals surface area contributed by atoms with E-state index in [1.807, 2.05) is 0 Å². The summed E-state index contributed by atoms with van der Waals surface area (Å²) in [7, 11) is 0. The lowest BCUT2D eigenvalue weighted by atomic mass is 10.1. The number of hydrogen-bond donors (Lipinski definition) is 1. The zero-order valence-electron chi connectivity index (χ0n) is 13.6. The van der Waals surface area contributed by atoms with Gasteiger partial charge in [0.2, 0.25) is 0 Å². The minimum absolute atomic E-state index is 0.0438. The summed E-state index contributed by atoms with van der Waals surface area (Å²) in [5.74, 6) is -0.516. The lowest BCUT2D eigenvalue weighted by Crippen LogP contribution is -2.14. The molecule has 134 valence electrons. The van der Waals surface area contributed by atoms with Crippen LogP contribution in [0.25, 0.3) is 11.5 Å². The van der Waals surface area contributed by atoms with E-state index in [0.29, 0.717) is 41.9 Å². The van der Waals surface area contributed by atoms with Crippen LogP contribution in [0, 0.1) is 12.7 Å². The largest absolute Gasteiger partial charge is 0.376 e. The van der Waals surface area contributed by atoms with Crippen LogP contribution in [0.2, 0.25) is 5.02 Å². The summed E-state index contributed by atoms with van der Waals surface area (Å²) in [4.78, 5) is 17.9. The summed E-state index contributed by atoms with van der Waals surface area (Å²) >= 11 is 7.34. The average molecular weight is 394 g/mol. The van der Waals surface area contributed by atoms with Crippen molar-refractivity contribution in [1.29, 1.82) is 0 Å². The zero-order chi connectivity index (χ0) is 18.3. The Labute approximate surface area is 156 Å². The second kappa shape index (κ2) is 6.79. The summed E-state index contributed by atoms with van der Waals surface area (Å²) in [5.41, 5.74) is 1.46. The van der Waals surface area contributed by atoms with Gasteiger partial charge in [-0.15, -0.1) is 11.3 Å². The number of carbonyl (C=O) groups is 1. The summed E-state index contributed by atoms with van der Waals surface area (Å²) in [6.45, 7) is 2.72. The molecular formula is C17H13ClFN3O3S. The van der Waals surface area contributed by atoms with E-state index in [-0.39, 0.29) is 10.6 Å². The number of amides is 1. The van der Waals surface area contributed by atoms with Gasteiger partial charge in [0.25, 0.3) is 11.8 Å². The molecule has 6 nitrogen and oxygen atoms in total. The van der Waals surface area contributed by atoms with Crippen molar-refractivity contribution in [3.05, 3.63) is 50.9 Å². The SMILES string of the molecule is Cc1noc(-c2c(NC(=O)c3c(F)cccc3Cl)sc3c2CCOC3)n1. The number of nitrogens with zero attached hydrogens (tertiary/aromatic N) is 2. The van der Waals surface area contributed by atoms with E-state index in [1.54, 1.807) is 6.92 Å². The highest BCUT2D eigenvalue weighted by molar-refractivity contribution is 7.17. The Balaban J connectivity index is 1.77. The fraction of sp³-hybridized carbons (Fsp3) is 0.235. The molecule has 0 spiro atoms. The van der Waals surface area contributed by atoms with Crippen LogP contribution in [0.5, 0.6) is 0 Å². The highest BCUT2D eigenvalue weighted by Gasteiger charge is 2.27. The topological polar surface area (TPSA) is 77.2 Å². The van der Waals surface area contributed by atoms with Gasteiger partial charge in [0, 0.05) is 4.88 Å². The molecule has 0 bridgehead atoms. The van der Waals surface area contributed by atoms with Gasteiger partial charge >= 0.3 is 0 Å². The van der Waals surface area contributed by atoms with Gasteiger partial charge in [-0.1, -0.05) is 22.8 Å². The van der Waals surface area contributed by atoms with E-state index >= 15 is 0 Å². The molecule has 3 aromatic rings. The van der Waals surface area contributed by atoms with Crippen molar-refractivity contribution in [3.8, 4) is 11.5 Å². The monoisotopic (exact) mass is 393 g/mol. The van der Waals surface area contributed by atoms with Gasteiger partial charge in [-0.05, 0) is 31.0 Å². The van der Waals surface area contributed by atoms with E-state index in [1.165, 1.54) is 29.5 Å². The maximum atomic E-state index is 14.1. The molecule has 1 aromatic carbocycles. The van der Waals surface area contributed by atoms with Gasteiger partial charge in [-0.2, -0.15) is 4.98 Å². The first-order valence-corrected chi connectivity index (χ1v) is 9.02. The molecule has 0 saturated heterocycles. The predicted molar refractivity (Wildman–Crippen MR) is 95.1 cm³/mol. The number of halogens is 2. The molecule has 0 aliphatic carbocycles. The molecule has 4 rings (SSSR count). The van der Waals surface area contributed by atoms with Gasteiger partial charge in [0.1, 0.15) is 10.8 Å². The standard InChI is InChI=1S/C17H13ClFN3O3S/c1-8-20-16(25-22-8)13-9-5-6-24-7-12(9)26-17(13)21-15(23)14-10(18)3-2-4-11(14)19/h2-4H,5-7H2,1H3,(H,21,23). The van der Waals surface area contributed by atoms with Crippen molar-refractivity contribution in [2.45, 2.75) is 20.0 Å². The number of ether oxygens (including phenoxy) is 1. The number of fused-ring (bicyclic) bond motifs is 1. The third-order valence-corrected chi connectivity index (χ3v) is 5.41. The summed E-state index contributed by atoms with van der Waals surface area (Å²) < 4.78 is 24.8. The molecule has 0 radical (unpaired) electrons. The van der Waals surface area contributed by atoms with Crippen LogP contribution in [-0.2, 0) is 17.8 Å². The van der Waals surface area contributed by atoms with Crippen molar-refractivity contribution < 1.29 is 18.4 Å². The molecule has 1 N–H and O–H groups in total. The number of carbonyl (C=O) groups excluding carboxylic acids is 1. The molecule has 26 heavy (non-hydrogen) atoms. The average Bonchev–Trinajstić information content (AvgIpc) is 3.17. The number of aryl methyl sites for hydroxylation is 1. The van der Waals surface area contributed by atoms with Gasteiger partial charge in [0.15, 0.2) is 5.82 Å². The van der Waals surface area contributed by atoms with Crippen molar-refractivity contribution in [2.75, 3.05) is 11.9 Å². The first kappa shape index (κ1) is 17.1. The van der Waals surface area contributed by atoms with E-state index in [4.69, 9.17) is 20.9 Å². The molecule has 9 heteroatoms. The first-order valence-electron chi connectivity index (χ1n) is 7.83. The van der Waals surface area contributed by atoms with Crippen molar-refractivity contribution >= 4 is 33.8 Å². The third kappa shape index (κ3) is 3.00. The van der Waals surface area contributed by atoms with Crippen molar-refractivity contribution in [1.82, 2.24) is 10.1 Å². The number of anilines is 1. The Morgan fingerprint density at radius 2 is 2.27 bits per heavy atom. The Hall–Kier alpha value is -2.29. The Bertz CT molecular complexity index is 981. The van der Waals surface area contributed by atoms with Crippen LogP contribution in [-0.4, -0.2) is 22.7 Å². The molecule has 0 atom stereocenters. The minimum Gasteiger partial charge on any atom is -0.376 e. The highest BCUT2D eigenvalue weighted by atomic mass is 35.5. The fourth-order valence-electron chi connectivity index (χ4n) is 2.83. The molecular weight excluding hydrogens is 381 g/mol. The van der Waals surface area contributed by atoms with Crippen molar-refractivity contribution in [3.63, 3.8) is 0 Å². The van der Waals surface area contributed by atoms with Crippen LogP contribution >= 0.6 is 22.9 Å². The second-order valence-corrected chi connectivity index (χ2v) is 7.22. The van der Waals surface area contributed by atoms with Gasteiger partial charge in [0.05, 0.1) is 29.4 Å². The maximum Gasteiger partial charge on any atom is 0.261 e. The molecule has 3 heterocycles. The predicted octanol–water partition coefficient (Wildman–Crippen LogP) is 4.22. The van der Waals surface area contributed by atoms with E-state index < -0.39 is 11.7 Å². The molecule has 1 aliphatic heterocycles.